The Morgan fingerprint density at radius 2 is 1.95 bits per heavy atom. The molecule has 1 unspecified atom stereocenters. The van der Waals surface area contributed by atoms with E-state index in [0.29, 0.717) is 17.5 Å². The Balaban J connectivity index is 1.98. The molecule has 0 aromatic carbocycles. The molecule has 0 aliphatic rings. The zero-order valence-corrected chi connectivity index (χ0v) is 13.7. The molecule has 3 N–H and O–H groups in total. The lowest BCUT2D eigenvalue weighted by Crippen LogP contribution is -2.25. The van der Waals surface area contributed by atoms with Gasteiger partial charge in [0.25, 0.3) is 0 Å². The smallest absolute Gasteiger partial charge is 0.182 e. The number of anilines is 2. The van der Waals surface area contributed by atoms with Crippen LogP contribution in [-0.2, 0) is 0 Å². The maximum absolute atomic E-state index is 5.85. The van der Waals surface area contributed by atoms with Crippen LogP contribution >= 0.6 is 0 Å². The largest absolute Gasteiger partial charge is 0.384 e. The number of nitrogens with two attached hydrogens (primary N) is 1. The number of nitrogens with one attached hydrogen (secondary N) is 1. The summed E-state index contributed by atoms with van der Waals surface area (Å²) in [5.41, 5.74) is 8.11. The van der Waals surface area contributed by atoms with Crippen molar-refractivity contribution in [3.05, 3.63) is 18.5 Å². The van der Waals surface area contributed by atoms with Crippen LogP contribution in [-0.4, -0.2) is 45.5 Å². The molecule has 0 fully saturated rings. The highest BCUT2D eigenvalue weighted by molar-refractivity contribution is 5.86. The summed E-state index contributed by atoms with van der Waals surface area (Å²) in [6, 6.07) is 2.18. The first-order chi connectivity index (χ1) is 10.6. The Morgan fingerprint density at radius 1 is 1.23 bits per heavy atom. The predicted molar refractivity (Wildman–Crippen MR) is 91.9 cm³/mol. The highest BCUT2D eigenvalue weighted by Crippen LogP contribution is 2.22. The van der Waals surface area contributed by atoms with Gasteiger partial charge in [-0.05, 0) is 39.4 Å². The number of nitrogen functional groups attached to an aromatic ring is 1. The maximum atomic E-state index is 5.85. The Labute approximate surface area is 132 Å². The lowest BCUT2D eigenvalue weighted by Gasteiger charge is -2.20. The van der Waals surface area contributed by atoms with Crippen LogP contribution in [0.5, 0.6) is 0 Å². The zero-order valence-electron chi connectivity index (χ0n) is 13.7. The van der Waals surface area contributed by atoms with Crippen LogP contribution in [0.4, 0.5) is 11.5 Å². The summed E-state index contributed by atoms with van der Waals surface area (Å²) in [5, 5.41) is 3.49. The SMILES string of the molecule is CCN(CC)CCCC(C)Nc1cc(N)nc2nccnc12. The minimum atomic E-state index is 0.350. The van der Waals surface area contributed by atoms with Gasteiger partial charge in [0, 0.05) is 24.5 Å². The maximum Gasteiger partial charge on any atom is 0.182 e. The molecule has 0 amide bonds. The molecular formula is C16H26N6. The molecule has 6 heteroatoms. The molecule has 0 spiro atoms. The fourth-order valence-electron chi connectivity index (χ4n) is 2.58. The number of hydrogen-bond donors (Lipinski definition) is 2. The Morgan fingerprint density at radius 3 is 2.68 bits per heavy atom. The van der Waals surface area contributed by atoms with Gasteiger partial charge >= 0.3 is 0 Å². The molecule has 0 radical (unpaired) electrons. The fraction of sp³-hybridized carbons (Fsp3) is 0.562. The van der Waals surface area contributed by atoms with Crippen LogP contribution in [0.15, 0.2) is 18.5 Å². The first kappa shape index (κ1) is 16.4. The lowest BCUT2D eigenvalue weighted by molar-refractivity contribution is 0.295. The van der Waals surface area contributed by atoms with Crippen molar-refractivity contribution in [2.24, 2.45) is 0 Å². The number of pyridine rings is 1. The second kappa shape index (κ2) is 7.89. The van der Waals surface area contributed by atoms with E-state index in [1.54, 1.807) is 12.4 Å². The molecule has 6 nitrogen and oxygen atoms in total. The molecule has 120 valence electrons. The normalized spacial score (nSPS) is 12.7. The van der Waals surface area contributed by atoms with E-state index < -0.39 is 0 Å². The van der Waals surface area contributed by atoms with Gasteiger partial charge in [0.05, 0.1) is 5.69 Å². The van der Waals surface area contributed by atoms with Gasteiger partial charge in [-0.3, -0.25) is 0 Å². The van der Waals surface area contributed by atoms with Gasteiger partial charge in [0.15, 0.2) is 5.65 Å². The van der Waals surface area contributed by atoms with Gasteiger partial charge in [0.1, 0.15) is 11.3 Å². The Bertz CT molecular complexity index is 596. The number of rotatable bonds is 8. The van der Waals surface area contributed by atoms with Crippen molar-refractivity contribution in [1.82, 2.24) is 19.9 Å². The third-order valence-corrected chi connectivity index (χ3v) is 3.87. The highest BCUT2D eigenvalue weighted by Gasteiger charge is 2.10. The Kier molecular flexibility index (Phi) is 5.89. The fourth-order valence-corrected chi connectivity index (χ4v) is 2.58. The van der Waals surface area contributed by atoms with Crippen LogP contribution in [0, 0.1) is 0 Å². The molecule has 0 aliphatic heterocycles. The summed E-state index contributed by atoms with van der Waals surface area (Å²) in [5.74, 6) is 0.464. The zero-order chi connectivity index (χ0) is 15.9. The van der Waals surface area contributed by atoms with Crippen LogP contribution in [0.2, 0.25) is 0 Å². The second-order valence-electron chi connectivity index (χ2n) is 5.54. The van der Waals surface area contributed by atoms with Crippen molar-refractivity contribution in [3.8, 4) is 0 Å². The second-order valence-corrected chi connectivity index (χ2v) is 5.54. The van der Waals surface area contributed by atoms with Crippen molar-refractivity contribution in [2.45, 2.75) is 39.7 Å². The molecule has 1 atom stereocenters. The van der Waals surface area contributed by atoms with E-state index in [9.17, 15) is 0 Å². The first-order valence-electron chi connectivity index (χ1n) is 8.00. The minimum absolute atomic E-state index is 0.350. The van der Waals surface area contributed by atoms with Crippen molar-refractivity contribution in [1.29, 1.82) is 0 Å². The highest BCUT2D eigenvalue weighted by atomic mass is 15.1. The standard InChI is InChI=1S/C16H26N6/c1-4-22(5-2)10-6-7-12(3)20-13-11-14(17)21-16-15(13)18-8-9-19-16/h8-9,11-12H,4-7,10H2,1-3H3,(H3,17,19,20,21). The third kappa shape index (κ3) is 4.27. The third-order valence-electron chi connectivity index (χ3n) is 3.87. The predicted octanol–water partition coefficient (Wildman–Crippen LogP) is 2.53. The van der Waals surface area contributed by atoms with E-state index in [1.165, 1.54) is 6.42 Å². The van der Waals surface area contributed by atoms with Gasteiger partial charge in [-0.2, -0.15) is 0 Å². The molecule has 0 saturated heterocycles. The van der Waals surface area contributed by atoms with Crippen LogP contribution in [0.1, 0.15) is 33.6 Å². The van der Waals surface area contributed by atoms with E-state index in [1.807, 2.05) is 6.07 Å². The molecule has 2 aromatic rings. The van der Waals surface area contributed by atoms with E-state index in [0.717, 1.165) is 37.3 Å². The summed E-state index contributed by atoms with van der Waals surface area (Å²) in [7, 11) is 0. The summed E-state index contributed by atoms with van der Waals surface area (Å²) >= 11 is 0. The van der Waals surface area contributed by atoms with Gasteiger partial charge < -0.3 is 16.0 Å². The number of hydrogen-bond acceptors (Lipinski definition) is 6. The molecule has 2 aromatic heterocycles. The molecule has 0 saturated carbocycles. The van der Waals surface area contributed by atoms with Gasteiger partial charge in [0.2, 0.25) is 0 Å². The van der Waals surface area contributed by atoms with Crippen molar-refractivity contribution in [3.63, 3.8) is 0 Å². The van der Waals surface area contributed by atoms with E-state index >= 15 is 0 Å². The summed E-state index contributed by atoms with van der Waals surface area (Å²) in [6.07, 6.45) is 5.57. The molecule has 2 heterocycles. The average molecular weight is 302 g/mol. The van der Waals surface area contributed by atoms with Crippen LogP contribution in [0.25, 0.3) is 11.2 Å². The van der Waals surface area contributed by atoms with Crippen molar-refractivity contribution in [2.75, 3.05) is 30.7 Å². The van der Waals surface area contributed by atoms with Crippen molar-refractivity contribution < 1.29 is 0 Å². The van der Waals surface area contributed by atoms with Crippen LogP contribution in [0.3, 0.4) is 0 Å². The van der Waals surface area contributed by atoms with E-state index in [-0.39, 0.29) is 0 Å². The topological polar surface area (TPSA) is 80.0 Å². The summed E-state index contributed by atoms with van der Waals surface area (Å²) in [6.45, 7) is 9.95. The number of fused-ring (bicyclic) bond motifs is 1. The average Bonchev–Trinajstić information content (AvgIpc) is 2.51. The minimum Gasteiger partial charge on any atom is -0.384 e. The monoisotopic (exact) mass is 302 g/mol. The molecule has 0 aliphatic carbocycles. The van der Waals surface area contributed by atoms with Gasteiger partial charge in [-0.15, -0.1) is 0 Å². The molecule has 22 heavy (non-hydrogen) atoms. The molecular weight excluding hydrogens is 276 g/mol. The van der Waals surface area contributed by atoms with E-state index in [2.05, 4.69) is 45.9 Å². The summed E-state index contributed by atoms with van der Waals surface area (Å²) in [4.78, 5) is 15.2. The number of aromatic nitrogens is 3. The van der Waals surface area contributed by atoms with E-state index in [4.69, 9.17) is 5.73 Å². The van der Waals surface area contributed by atoms with Gasteiger partial charge in [-0.1, -0.05) is 13.8 Å². The lowest BCUT2D eigenvalue weighted by atomic mass is 10.1. The van der Waals surface area contributed by atoms with Crippen LogP contribution < -0.4 is 11.1 Å². The Hall–Kier alpha value is -1.95. The number of nitrogens with zero attached hydrogens (tertiary/aromatic N) is 4. The van der Waals surface area contributed by atoms with Gasteiger partial charge in [-0.25, -0.2) is 15.0 Å². The molecule has 2 rings (SSSR count). The molecule has 0 bridgehead atoms. The first-order valence-corrected chi connectivity index (χ1v) is 8.00. The van der Waals surface area contributed by atoms with Crippen molar-refractivity contribution >= 4 is 22.7 Å². The summed E-state index contributed by atoms with van der Waals surface area (Å²) < 4.78 is 0. The quantitative estimate of drug-likeness (QED) is 0.780.